The van der Waals surface area contributed by atoms with Crippen molar-refractivity contribution in [2.45, 2.75) is 6.61 Å². The van der Waals surface area contributed by atoms with Crippen molar-refractivity contribution in [2.24, 2.45) is 0 Å². The molecule has 7 heteroatoms. The molecule has 5 nitrogen and oxygen atoms in total. The summed E-state index contributed by atoms with van der Waals surface area (Å²) >= 11 is 7.51. The Morgan fingerprint density at radius 3 is 2.67 bits per heavy atom. The van der Waals surface area contributed by atoms with E-state index >= 15 is 0 Å². The molecule has 0 saturated carbocycles. The van der Waals surface area contributed by atoms with Crippen molar-refractivity contribution in [2.75, 3.05) is 14.2 Å². The first-order chi connectivity index (χ1) is 11.7. The third-order valence-corrected chi connectivity index (χ3v) is 4.51. The van der Waals surface area contributed by atoms with Crippen LogP contribution in [0.3, 0.4) is 0 Å². The molecule has 3 rings (SSSR count). The monoisotopic (exact) mass is 362 g/mol. The Bertz CT molecular complexity index is 838. The van der Waals surface area contributed by atoms with Gasteiger partial charge in [-0.15, -0.1) is 11.3 Å². The van der Waals surface area contributed by atoms with Gasteiger partial charge in [-0.2, -0.15) is 0 Å². The second kappa shape index (κ2) is 7.51. The fourth-order valence-electron chi connectivity index (χ4n) is 2.11. The van der Waals surface area contributed by atoms with Crippen LogP contribution in [0.1, 0.15) is 5.69 Å². The van der Waals surface area contributed by atoms with Crippen LogP contribution < -0.4 is 14.2 Å². The number of benzene rings is 1. The molecule has 0 bridgehead atoms. The second-order valence-corrected chi connectivity index (χ2v) is 6.01. The molecular formula is C17H15ClN2O3S. The molecular weight excluding hydrogens is 348 g/mol. The summed E-state index contributed by atoms with van der Waals surface area (Å²) in [5.41, 5.74) is 1.79. The van der Waals surface area contributed by atoms with E-state index in [1.807, 2.05) is 23.6 Å². The predicted octanol–water partition coefficient (Wildman–Crippen LogP) is 4.45. The number of nitrogens with zero attached hydrogens (tertiary/aromatic N) is 2. The van der Waals surface area contributed by atoms with E-state index in [1.165, 1.54) is 11.3 Å². The first-order valence-electron chi connectivity index (χ1n) is 7.11. The van der Waals surface area contributed by atoms with Gasteiger partial charge in [0, 0.05) is 17.1 Å². The molecule has 2 aromatic heterocycles. The zero-order valence-corrected chi connectivity index (χ0v) is 14.7. The van der Waals surface area contributed by atoms with Gasteiger partial charge >= 0.3 is 0 Å². The molecule has 24 heavy (non-hydrogen) atoms. The van der Waals surface area contributed by atoms with E-state index < -0.39 is 0 Å². The van der Waals surface area contributed by atoms with Crippen LogP contribution in [0, 0.1) is 0 Å². The lowest BCUT2D eigenvalue weighted by Gasteiger charge is -2.08. The highest BCUT2D eigenvalue weighted by Gasteiger charge is 2.10. The molecule has 0 aliphatic carbocycles. The van der Waals surface area contributed by atoms with Gasteiger partial charge < -0.3 is 14.2 Å². The normalized spacial score (nSPS) is 10.5. The fraction of sp³-hybridized carbons (Fsp3) is 0.176. The largest absolute Gasteiger partial charge is 0.493 e. The zero-order valence-electron chi connectivity index (χ0n) is 13.2. The number of pyridine rings is 1. The molecule has 0 aliphatic rings. The molecule has 0 amide bonds. The van der Waals surface area contributed by atoms with E-state index in [2.05, 4.69) is 9.97 Å². The molecule has 124 valence electrons. The van der Waals surface area contributed by atoms with Crippen molar-refractivity contribution in [3.05, 3.63) is 52.8 Å². The Morgan fingerprint density at radius 2 is 1.92 bits per heavy atom. The highest BCUT2D eigenvalue weighted by molar-refractivity contribution is 7.13. The standard InChI is InChI=1S/C17H15ClN2O3S/c1-21-13-6-5-11(8-15(13)22-2)17-20-12(10-24-17)9-23-14-4-3-7-19-16(14)18/h3-8,10H,9H2,1-2H3. The fourth-order valence-corrected chi connectivity index (χ4v) is 3.08. The summed E-state index contributed by atoms with van der Waals surface area (Å²) in [5, 5.41) is 3.18. The average Bonchev–Trinajstić information content (AvgIpc) is 3.09. The second-order valence-electron chi connectivity index (χ2n) is 4.79. The van der Waals surface area contributed by atoms with Gasteiger partial charge in [-0.25, -0.2) is 9.97 Å². The minimum atomic E-state index is 0.329. The maximum Gasteiger partial charge on any atom is 0.171 e. The van der Waals surface area contributed by atoms with E-state index in [0.717, 1.165) is 16.3 Å². The zero-order chi connectivity index (χ0) is 16.9. The van der Waals surface area contributed by atoms with Crippen LogP contribution in [-0.4, -0.2) is 24.2 Å². The summed E-state index contributed by atoms with van der Waals surface area (Å²) in [5.74, 6) is 1.90. The van der Waals surface area contributed by atoms with Crippen LogP contribution in [-0.2, 0) is 6.61 Å². The van der Waals surface area contributed by atoms with Gasteiger partial charge in [0.25, 0.3) is 0 Å². The molecule has 0 saturated heterocycles. The summed E-state index contributed by atoms with van der Waals surface area (Å²) in [4.78, 5) is 8.57. The molecule has 0 spiro atoms. The minimum Gasteiger partial charge on any atom is -0.493 e. The number of aromatic nitrogens is 2. The number of thiazole rings is 1. The van der Waals surface area contributed by atoms with Crippen LogP contribution in [0.2, 0.25) is 5.15 Å². The molecule has 2 heterocycles. The topological polar surface area (TPSA) is 53.5 Å². The highest BCUT2D eigenvalue weighted by atomic mass is 35.5. The van der Waals surface area contributed by atoms with Gasteiger partial charge in [-0.05, 0) is 30.3 Å². The minimum absolute atomic E-state index is 0.329. The van der Waals surface area contributed by atoms with Crippen molar-refractivity contribution in [1.29, 1.82) is 0 Å². The van der Waals surface area contributed by atoms with Crippen molar-refractivity contribution in [3.8, 4) is 27.8 Å². The highest BCUT2D eigenvalue weighted by Crippen LogP contribution is 2.33. The smallest absolute Gasteiger partial charge is 0.171 e. The van der Waals surface area contributed by atoms with E-state index in [1.54, 1.807) is 32.5 Å². The Hall–Kier alpha value is -2.31. The molecule has 0 N–H and O–H groups in total. The maximum absolute atomic E-state index is 5.97. The van der Waals surface area contributed by atoms with E-state index in [0.29, 0.717) is 29.0 Å². The van der Waals surface area contributed by atoms with Gasteiger partial charge in [0.2, 0.25) is 0 Å². The van der Waals surface area contributed by atoms with Crippen molar-refractivity contribution >= 4 is 22.9 Å². The lowest BCUT2D eigenvalue weighted by atomic mass is 10.2. The Labute approximate surface area is 148 Å². The van der Waals surface area contributed by atoms with Crippen LogP contribution in [0.25, 0.3) is 10.6 Å². The quantitative estimate of drug-likeness (QED) is 0.606. The molecule has 0 radical (unpaired) electrons. The molecule has 0 aliphatic heterocycles. The first kappa shape index (κ1) is 16.5. The number of ether oxygens (including phenoxy) is 3. The van der Waals surface area contributed by atoms with Crippen LogP contribution in [0.15, 0.2) is 41.9 Å². The lowest BCUT2D eigenvalue weighted by molar-refractivity contribution is 0.301. The summed E-state index contributed by atoms with van der Waals surface area (Å²) in [6.07, 6.45) is 1.62. The average molecular weight is 363 g/mol. The Balaban J connectivity index is 1.75. The SMILES string of the molecule is COc1ccc(-c2nc(COc3cccnc3Cl)cs2)cc1OC. The van der Waals surface area contributed by atoms with Crippen molar-refractivity contribution in [1.82, 2.24) is 9.97 Å². The number of hydrogen-bond acceptors (Lipinski definition) is 6. The number of halogens is 1. The maximum atomic E-state index is 5.97. The summed E-state index contributed by atoms with van der Waals surface area (Å²) in [6, 6.07) is 9.26. The Kier molecular flexibility index (Phi) is 5.17. The number of methoxy groups -OCH3 is 2. The van der Waals surface area contributed by atoms with Gasteiger partial charge in [-0.3, -0.25) is 0 Å². The molecule has 0 atom stereocenters. The third kappa shape index (κ3) is 3.60. The number of hydrogen-bond donors (Lipinski definition) is 0. The van der Waals surface area contributed by atoms with Gasteiger partial charge in [-0.1, -0.05) is 11.6 Å². The van der Waals surface area contributed by atoms with Gasteiger partial charge in [0.05, 0.1) is 19.9 Å². The van der Waals surface area contributed by atoms with Crippen LogP contribution in [0.4, 0.5) is 0 Å². The van der Waals surface area contributed by atoms with E-state index in [9.17, 15) is 0 Å². The molecule has 0 unspecified atom stereocenters. The van der Waals surface area contributed by atoms with Gasteiger partial charge in [0.1, 0.15) is 11.6 Å². The van der Waals surface area contributed by atoms with Crippen molar-refractivity contribution < 1.29 is 14.2 Å². The lowest BCUT2D eigenvalue weighted by Crippen LogP contribution is -1.97. The van der Waals surface area contributed by atoms with Crippen LogP contribution in [0.5, 0.6) is 17.2 Å². The Morgan fingerprint density at radius 1 is 1.08 bits per heavy atom. The van der Waals surface area contributed by atoms with Crippen molar-refractivity contribution in [3.63, 3.8) is 0 Å². The number of rotatable bonds is 6. The summed E-state index contributed by atoms with van der Waals surface area (Å²) in [7, 11) is 3.22. The van der Waals surface area contributed by atoms with Crippen LogP contribution >= 0.6 is 22.9 Å². The van der Waals surface area contributed by atoms with E-state index in [4.69, 9.17) is 25.8 Å². The van der Waals surface area contributed by atoms with Gasteiger partial charge in [0.15, 0.2) is 22.4 Å². The summed E-state index contributed by atoms with van der Waals surface area (Å²) in [6.45, 7) is 0.329. The molecule has 1 aromatic carbocycles. The molecule has 3 aromatic rings. The van der Waals surface area contributed by atoms with E-state index in [-0.39, 0.29) is 0 Å². The third-order valence-electron chi connectivity index (χ3n) is 3.28. The first-order valence-corrected chi connectivity index (χ1v) is 8.37. The molecule has 0 fully saturated rings. The summed E-state index contributed by atoms with van der Waals surface area (Å²) < 4.78 is 16.2. The predicted molar refractivity (Wildman–Crippen MR) is 94.2 cm³/mol.